The average Bonchev–Trinajstić information content (AvgIpc) is 2.38. The van der Waals surface area contributed by atoms with Crippen LogP contribution in [0.1, 0.15) is 25.7 Å². The molecular formula is C9H12. The minimum absolute atomic E-state index is 1.04. The van der Waals surface area contributed by atoms with E-state index in [1.54, 1.807) is 0 Å². The average molecular weight is 120 g/mol. The summed E-state index contributed by atoms with van der Waals surface area (Å²) >= 11 is 0. The Bertz CT molecular complexity index is 178. The number of hydrogen-bond donors (Lipinski definition) is 0. The van der Waals surface area contributed by atoms with Gasteiger partial charge in [-0.05, 0) is 37.0 Å². The van der Waals surface area contributed by atoms with Gasteiger partial charge in [0, 0.05) is 0 Å². The SMILES string of the molecule is C1=C2CC2C2CCCC12. The summed E-state index contributed by atoms with van der Waals surface area (Å²) in [6, 6.07) is 0. The van der Waals surface area contributed by atoms with Crippen molar-refractivity contribution in [2.75, 3.05) is 0 Å². The van der Waals surface area contributed by atoms with Gasteiger partial charge < -0.3 is 0 Å². The van der Waals surface area contributed by atoms with Crippen LogP contribution in [0.25, 0.3) is 0 Å². The van der Waals surface area contributed by atoms with Crippen LogP contribution in [0.2, 0.25) is 0 Å². The van der Waals surface area contributed by atoms with Crippen molar-refractivity contribution in [2.45, 2.75) is 25.7 Å². The van der Waals surface area contributed by atoms with Crippen molar-refractivity contribution in [1.29, 1.82) is 0 Å². The number of fused-ring (bicyclic) bond motifs is 3. The lowest BCUT2D eigenvalue weighted by Gasteiger charge is -2.08. The first-order valence-corrected chi connectivity index (χ1v) is 4.16. The van der Waals surface area contributed by atoms with E-state index in [0.29, 0.717) is 0 Å². The first-order chi connectivity index (χ1) is 4.45. The van der Waals surface area contributed by atoms with E-state index in [4.69, 9.17) is 0 Å². The van der Waals surface area contributed by atoms with Crippen LogP contribution >= 0.6 is 0 Å². The zero-order valence-corrected chi connectivity index (χ0v) is 5.64. The lowest BCUT2D eigenvalue weighted by Crippen LogP contribution is -2.02. The largest absolute Gasteiger partial charge is 0.0816 e. The van der Waals surface area contributed by atoms with Crippen molar-refractivity contribution in [1.82, 2.24) is 0 Å². The van der Waals surface area contributed by atoms with Crippen LogP contribution in [0.3, 0.4) is 0 Å². The zero-order chi connectivity index (χ0) is 5.84. The molecule has 0 aromatic rings. The molecule has 0 radical (unpaired) electrons. The van der Waals surface area contributed by atoms with Gasteiger partial charge in [-0.3, -0.25) is 0 Å². The van der Waals surface area contributed by atoms with Crippen molar-refractivity contribution >= 4 is 0 Å². The second-order valence-electron chi connectivity index (χ2n) is 3.81. The molecule has 0 spiro atoms. The Balaban J connectivity index is 1.99. The predicted octanol–water partition coefficient (Wildman–Crippen LogP) is 2.36. The molecule has 0 aromatic carbocycles. The van der Waals surface area contributed by atoms with E-state index in [1.165, 1.54) is 25.7 Å². The predicted molar refractivity (Wildman–Crippen MR) is 37.0 cm³/mol. The van der Waals surface area contributed by atoms with Gasteiger partial charge in [0.2, 0.25) is 0 Å². The molecule has 3 aliphatic carbocycles. The quantitative estimate of drug-likeness (QED) is 0.430. The molecule has 0 heterocycles. The molecule has 48 valence electrons. The summed E-state index contributed by atoms with van der Waals surface area (Å²) in [5.74, 6) is 3.26. The topological polar surface area (TPSA) is 0 Å². The van der Waals surface area contributed by atoms with E-state index < -0.39 is 0 Å². The highest BCUT2D eigenvalue weighted by molar-refractivity contribution is 5.33. The third-order valence-electron chi connectivity index (χ3n) is 3.34. The van der Waals surface area contributed by atoms with Crippen LogP contribution in [0.4, 0.5) is 0 Å². The van der Waals surface area contributed by atoms with Gasteiger partial charge in [0.1, 0.15) is 0 Å². The van der Waals surface area contributed by atoms with Gasteiger partial charge in [0.05, 0.1) is 0 Å². The van der Waals surface area contributed by atoms with E-state index >= 15 is 0 Å². The Labute approximate surface area is 56.0 Å². The van der Waals surface area contributed by atoms with Crippen LogP contribution in [0.5, 0.6) is 0 Å². The fraction of sp³-hybridized carbons (Fsp3) is 0.778. The summed E-state index contributed by atoms with van der Waals surface area (Å²) in [6.07, 6.45) is 8.60. The zero-order valence-electron chi connectivity index (χ0n) is 5.64. The molecule has 0 amide bonds. The number of rotatable bonds is 0. The Morgan fingerprint density at radius 1 is 1.33 bits per heavy atom. The van der Waals surface area contributed by atoms with Crippen molar-refractivity contribution < 1.29 is 0 Å². The molecule has 0 nitrogen and oxygen atoms in total. The van der Waals surface area contributed by atoms with E-state index in [2.05, 4.69) is 6.08 Å². The van der Waals surface area contributed by atoms with Crippen LogP contribution in [0, 0.1) is 17.8 Å². The molecule has 3 atom stereocenters. The van der Waals surface area contributed by atoms with Crippen LogP contribution in [-0.4, -0.2) is 0 Å². The summed E-state index contributed by atoms with van der Waals surface area (Å²) in [5, 5.41) is 0. The van der Waals surface area contributed by atoms with E-state index in [-0.39, 0.29) is 0 Å². The third kappa shape index (κ3) is 0.452. The summed E-state index contributed by atoms with van der Waals surface area (Å²) in [6.45, 7) is 0. The standard InChI is InChI=1S/C9H12/c1-2-6-4-7-5-9(7)8(6)3-1/h4,6,8-9H,1-3,5H2. The summed E-state index contributed by atoms with van der Waals surface area (Å²) < 4.78 is 0. The molecule has 0 N–H and O–H groups in total. The van der Waals surface area contributed by atoms with Crippen molar-refractivity contribution in [3.05, 3.63) is 11.6 Å². The first kappa shape index (κ1) is 4.54. The van der Waals surface area contributed by atoms with Gasteiger partial charge >= 0.3 is 0 Å². The molecule has 0 saturated heterocycles. The summed E-state index contributed by atoms with van der Waals surface area (Å²) in [5.41, 5.74) is 1.81. The Morgan fingerprint density at radius 3 is 3.22 bits per heavy atom. The van der Waals surface area contributed by atoms with Gasteiger partial charge in [-0.1, -0.05) is 18.1 Å². The number of hydrogen-bond acceptors (Lipinski definition) is 0. The van der Waals surface area contributed by atoms with E-state index in [1.807, 2.05) is 5.57 Å². The van der Waals surface area contributed by atoms with Crippen molar-refractivity contribution in [3.8, 4) is 0 Å². The molecule has 0 aliphatic heterocycles. The molecule has 0 aromatic heterocycles. The highest BCUT2D eigenvalue weighted by atomic mass is 14.5. The molecule has 0 bridgehead atoms. The molecule has 3 rings (SSSR count). The van der Waals surface area contributed by atoms with Gasteiger partial charge in [-0.2, -0.15) is 0 Å². The lowest BCUT2D eigenvalue weighted by molar-refractivity contribution is 0.434. The van der Waals surface area contributed by atoms with Crippen LogP contribution in [0.15, 0.2) is 11.6 Å². The van der Waals surface area contributed by atoms with Crippen molar-refractivity contribution in [2.24, 2.45) is 17.8 Å². The van der Waals surface area contributed by atoms with E-state index in [0.717, 1.165) is 17.8 Å². The minimum atomic E-state index is 1.04. The monoisotopic (exact) mass is 120 g/mol. The fourth-order valence-electron chi connectivity index (χ4n) is 2.81. The molecule has 3 aliphatic rings. The van der Waals surface area contributed by atoms with E-state index in [9.17, 15) is 0 Å². The Kier molecular flexibility index (Phi) is 0.633. The van der Waals surface area contributed by atoms with Crippen LogP contribution < -0.4 is 0 Å². The molecule has 9 heavy (non-hydrogen) atoms. The fourth-order valence-corrected chi connectivity index (χ4v) is 2.81. The number of allylic oxidation sites excluding steroid dienone is 2. The normalized spacial score (nSPS) is 52.4. The molecule has 3 unspecified atom stereocenters. The molecule has 2 fully saturated rings. The van der Waals surface area contributed by atoms with Gasteiger partial charge in [-0.15, -0.1) is 0 Å². The molecule has 2 saturated carbocycles. The maximum absolute atomic E-state index is 2.57. The van der Waals surface area contributed by atoms with Crippen LogP contribution in [-0.2, 0) is 0 Å². The Morgan fingerprint density at radius 2 is 2.33 bits per heavy atom. The third-order valence-corrected chi connectivity index (χ3v) is 3.34. The molecule has 0 heteroatoms. The second kappa shape index (κ2) is 1.25. The minimum Gasteiger partial charge on any atom is -0.0816 e. The summed E-state index contributed by atoms with van der Waals surface area (Å²) in [4.78, 5) is 0. The smallest absolute Gasteiger partial charge is 0.0132 e. The van der Waals surface area contributed by atoms with Crippen molar-refractivity contribution in [3.63, 3.8) is 0 Å². The first-order valence-electron chi connectivity index (χ1n) is 4.16. The maximum atomic E-state index is 2.57. The maximum Gasteiger partial charge on any atom is -0.0132 e. The highest BCUT2D eigenvalue weighted by Crippen LogP contribution is 2.58. The lowest BCUT2D eigenvalue weighted by atomic mass is 9.96. The Hall–Kier alpha value is -0.260. The van der Waals surface area contributed by atoms with Gasteiger partial charge in [-0.25, -0.2) is 0 Å². The molecular weight excluding hydrogens is 108 g/mol. The second-order valence-corrected chi connectivity index (χ2v) is 3.81. The van der Waals surface area contributed by atoms with Gasteiger partial charge in [0.25, 0.3) is 0 Å². The highest BCUT2D eigenvalue weighted by Gasteiger charge is 2.47. The summed E-state index contributed by atoms with van der Waals surface area (Å²) in [7, 11) is 0. The van der Waals surface area contributed by atoms with Gasteiger partial charge in [0.15, 0.2) is 0 Å².